The van der Waals surface area contributed by atoms with Crippen LogP contribution in [0.4, 0.5) is 5.69 Å². The van der Waals surface area contributed by atoms with E-state index in [1.54, 1.807) is 23.9 Å². The molecule has 1 heterocycles. The van der Waals surface area contributed by atoms with Gasteiger partial charge in [-0.05, 0) is 79.6 Å². The molecule has 0 bridgehead atoms. The number of carbonyl (C=O) groups is 1. The Morgan fingerprint density at radius 1 is 0.909 bits per heavy atom. The van der Waals surface area contributed by atoms with Crippen LogP contribution in [-0.2, 0) is 14.8 Å². The number of benzene rings is 3. The molecule has 33 heavy (non-hydrogen) atoms. The van der Waals surface area contributed by atoms with Crippen molar-refractivity contribution in [3.8, 4) is 0 Å². The minimum atomic E-state index is -3.66. The smallest absolute Gasteiger partial charge is 0.255 e. The molecule has 3 aromatic rings. The van der Waals surface area contributed by atoms with Crippen LogP contribution < -0.4 is 5.32 Å². The first-order chi connectivity index (χ1) is 15.8. The van der Waals surface area contributed by atoms with Gasteiger partial charge >= 0.3 is 0 Å². The van der Waals surface area contributed by atoms with Gasteiger partial charge in [0.05, 0.1) is 18.1 Å². The van der Waals surface area contributed by atoms with Crippen molar-refractivity contribution in [2.24, 2.45) is 0 Å². The van der Waals surface area contributed by atoms with Crippen molar-refractivity contribution in [1.82, 2.24) is 4.31 Å². The average Bonchev–Trinajstić information content (AvgIpc) is 2.83. The Labute approximate surface area is 199 Å². The van der Waals surface area contributed by atoms with E-state index in [4.69, 9.17) is 4.74 Å². The van der Waals surface area contributed by atoms with Crippen LogP contribution >= 0.6 is 11.8 Å². The summed E-state index contributed by atoms with van der Waals surface area (Å²) in [6.07, 6.45) is 0. The maximum Gasteiger partial charge on any atom is 0.255 e. The highest BCUT2D eigenvalue weighted by Crippen LogP contribution is 2.30. The highest BCUT2D eigenvalue weighted by molar-refractivity contribution is 7.99. The van der Waals surface area contributed by atoms with Crippen LogP contribution in [0.3, 0.4) is 0 Å². The number of amides is 1. The summed E-state index contributed by atoms with van der Waals surface area (Å²) in [5.41, 5.74) is 3.45. The van der Waals surface area contributed by atoms with Crippen LogP contribution in [0, 0.1) is 13.8 Å². The Morgan fingerprint density at radius 2 is 1.61 bits per heavy atom. The molecule has 1 fully saturated rings. The van der Waals surface area contributed by atoms with Gasteiger partial charge in [-0.2, -0.15) is 4.31 Å². The zero-order chi connectivity index (χ0) is 23.4. The number of nitrogens with one attached hydrogen (secondary N) is 1. The van der Waals surface area contributed by atoms with Crippen LogP contribution in [0.15, 0.2) is 81.4 Å². The first-order valence-corrected chi connectivity index (χ1v) is 12.9. The van der Waals surface area contributed by atoms with Crippen LogP contribution in [-0.4, -0.2) is 44.9 Å². The zero-order valence-corrected chi connectivity index (χ0v) is 20.2. The summed E-state index contributed by atoms with van der Waals surface area (Å²) >= 11 is 1.66. The van der Waals surface area contributed by atoms with Gasteiger partial charge in [0.15, 0.2) is 0 Å². The molecule has 6 nitrogen and oxygen atoms in total. The molecule has 3 aromatic carbocycles. The monoisotopic (exact) mass is 482 g/mol. The van der Waals surface area contributed by atoms with Gasteiger partial charge in [-0.1, -0.05) is 23.9 Å². The quantitative estimate of drug-likeness (QED) is 0.550. The third-order valence-corrected chi connectivity index (χ3v) is 8.42. The lowest BCUT2D eigenvalue weighted by atomic mass is 10.1. The number of sulfonamides is 1. The molecule has 4 rings (SSSR count). The van der Waals surface area contributed by atoms with Gasteiger partial charge in [0.2, 0.25) is 10.0 Å². The third-order valence-electron chi connectivity index (χ3n) is 5.53. The largest absolute Gasteiger partial charge is 0.379 e. The lowest BCUT2D eigenvalue weighted by molar-refractivity contribution is 0.0730. The molecular formula is C25H26N2O4S2. The predicted octanol–water partition coefficient (Wildman–Crippen LogP) is 4.73. The molecular weight excluding hydrogens is 456 g/mol. The number of hydrogen-bond donors (Lipinski definition) is 1. The van der Waals surface area contributed by atoms with Crippen molar-refractivity contribution < 1.29 is 17.9 Å². The van der Waals surface area contributed by atoms with Gasteiger partial charge in [-0.25, -0.2) is 8.42 Å². The number of anilines is 1. The molecule has 8 heteroatoms. The maximum atomic E-state index is 12.9. The average molecular weight is 483 g/mol. The van der Waals surface area contributed by atoms with Crippen LogP contribution in [0.25, 0.3) is 0 Å². The fraction of sp³-hybridized carbons (Fsp3) is 0.240. The van der Waals surface area contributed by atoms with Crippen molar-refractivity contribution in [2.45, 2.75) is 28.5 Å². The Morgan fingerprint density at radius 3 is 2.30 bits per heavy atom. The SMILES string of the molecule is Cc1ccc(Sc2ccc(NC(=O)c3cccc(S(=O)(=O)N4CCOCC4)c3)cc2)cc1C. The van der Waals surface area contributed by atoms with E-state index in [-0.39, 0.29) is 16.4 Å². The standard InChI is InChI=1S/C25H26N2O4S2/c1-18-6-9-23(16-19(18)2)32-22-10-7-21(8-11-22)26-25(28)20-4-3-5-24(17-20)33(29,30)27-12-14-31-15-13-27/h3-11,16-17H,12-15H2,1-2H3,(H,26,28). The molecule has 172 valence electrons. The van der Waals surface area contributed by atoms with Crippen molar-refractivity contribution in [2.75, 3.05) is 31.6 Å². The van der Waals surface area contributed by atoms with Gasteiger partial charge in [-0.3, -0.25) is 4.79 Å². The number of aryl methyl sites for hydroxylation is 2. The third kappa shape index (κ3) is 5.65. The van der Waals surface area contributed by atoms with E-state index < -0.39 is 10.0 Å². The molecule has 0 radical (unpaired) electrons. The number of carbonyl (C=O) groups excluding carboxylic acids is 1. The molecule has 1 amide bonds. The molecule has 0 atom stereocenters. The normalized spacial score (nSPS) is 14.7. The first-order valence-electron chi connectivity index (χ1n) is 10.7. The van der Waals surface area contributed by atoms with Crippen molar-refractivity contribution in [3.05, 3.63) is 83.4 Å². The molecule has 1 saturated heterocycles. The fourth-order valence-electron chi connectivity index (χ4n) is 3.46. The Kier molecular flexibility index (Phi) is 7.19. The molecule has 1 N–H and O–H groups in total. The number of morpholine rings is 1. The minimum absolute atomic E-state index is 0.109. The van der Waals surface area contributed by atoms with E-state index in [1.807, 2.05) is 24.3 Å². The Balaban J connectivity index is 1.44. The van der Waals surface area contributed by atoms with Crippen LogP contribution in [0.2, 0.25) is 0 Å². The van der Waals surface area contributed by atoms with Gasteiger partial charge in [0.25, 0.3) is 5.91 Å². The highest BCUT2D eigenvalue weighted by Gasteiger charge is 2.26. The van der Waals surface area contributed by atoms with E-state index in [0.717, 1.165) is 9.79 Å². The topological polar surface area (TPSA) is 75.7 Å². The van der Waals surface area contributed by atoms with Crippen molar-refractivity contribution in [1.29, 1.82) is 0 Å². The summed E-state index contributed by atoms with van der Waals surface area (Å²) in [5.74, 6) is -0.358. The summed E-state index contributed by atoms with van der Waals surface area (Å²) in [5, 5.41) is 2.85. The van der Waals surface area contributed by atoms with Crippen LogP contribution in [0.1, 0.15) is 21.5 Å². The lowest BCUT2D eigenvalue weighted by Gasteiger charge is -2.26. The number of hydrogen-bond acceptors (Lipinski definition) is 5. The van der Waals surface area contributed by atoms with Gasteiger partial charge in [0, 0.05) is 34.1 Å². The predicted molar refractivity (Wildman–Crippen MR) is 130 cm³/mol. The molecule has 0 unspecified atom stereocenters. The van der Waals surface area contributed by atoms with E-state index >= 15 is 0 Å². The molecule has 1 aliphatic rings. The second-order valence-corrected chi connectivity index (χ2v) is 11.0. The second-order valence-electron chi connectivity index (χ2n) is 7.87. The molecule has 0 aromatic heterocycles. The van der Waals surface area contributed by atoms with Gasteiger partial charge < -0.3 is 10.1 Å². The summed E-state index contributed by atoms with van der Waals surface area (Å²) in [6.45, 7) is 5.55. The Bertz CT molecular complexity index is 1250. The summed E-state index contributed by atoms with van der Waals surface area (Å²) in [4.78, 5) is 15.1. The van der Waals surface area contributed by atoms with Gasteiger partial charge in [-0.15, -0.1) is 0 Å². The minimum Gasteiger partial charge on any atom is -0.379 e. The second kappa shape index (κ2) is 10.1. The highest BCUT2D eigenvalue weighted by atomic mass is 32.2. The molecule has 0 saturated carbocycles. The van der Waals surface area contributed by atoms with Crippen molar-refractivity contribution >= 4 is 33.4 Å². The van der Waals surface area contributed by atoms with Crippen LogP contribution in [0.5, 0.6) is 0 Å². The fourth-order valence-corrected chi connectivity index (χ4v) is 5.83. The number of ether oxygens (including phenoxy) is 1. The number of nitrogens with zero attached hydrogens (tertiary/aromatic N) is 1. The lowest BCUT2D eigenvalue weighted by Crippen LogP contribution is -2.40. The first kappa shape index (κ1) is 23.5. The molecule has 0 spiro atoms. The summed E-state index contributed by atoms with van der Waals surface area (Å²) < 4.78 is 32.4. The van der Waals surface area contributed by atoms with E-state index in [0.29, 0.717) is 32.0 Å². The van der Waals surface area contributed by atoms with E-state index in [2.05, 4.69) is 37.4 Å². The van der Waals surface area contributed by atoms with E-state index in [1.165, 1.54) is 27.6 Å². The number of rotatable bonds is 6. The zero-order valence-electron chi connectivity index (χ0n) is 18.6. The molecule has 0 aliphatic carbocycles. The van der Waals surface area contributed by atoms with E-state index in [9.17, 15) is 13.2 Å². The summed E-state index contributed by atoms with van der Waals surface area (Å²) in [7, 11) is -3.66. The van der Waals surface area contributed by atoms with Crippen molar-refractivity contribution in [3.63, 3.8) is 0 Å². The Hall–Kier alpha value is -2.65. The van der Waals surface area contributed by atoms with Gasteiger partial charge in [0.1, 0.15) is 0 Å². The maximum absolute atomic E-state index is 12.9. The summed E-state index contributed by atoms with van der Waals surface area (Å²) in [6, 6.07) is 20.1. The molecule has 1 aliphatic heterocycles.